The number of esters is 1. The molecule has 1 fully saturated rings. The van der Waals surface area contributed by atoms with Gasteiger partial charge in [-0.15, -0.1) is 11.3 Å². The van der Waals surface area contributed by atoms with Crippen molar-refractivity contribution in [2.24, 2.45) is 10.9 Å². The largest absolute Gasteiger partial charge is 0.465 e. The molecule has 1 aromatic rings. The zero-order valence-electron chi connectivity index (χ0n) is 13.9. The van der Waals surface area contributed by atoms with E-state index in [0.717, 1.165) is 31.1 Å². The first-order chi connectivity index (χ1) is 11.6. The summed E-state index contributed by atoms with van der Waals surface area (Å²) in [7, 11) is 2.07. The first-order valence-corrected chi connectivity index (χ1v) is 9.00. The number of carbonyl (C=O) groups is 2. The number of hydrogen-bond donors (Lipinski definition) is 1. The summed E-state index contributed by atoms with van der Waals surface area (Å²) in [6.07, 6.45) is 0. The van der Waals surface area contributed by atoms with Gasteiger partial charge < -0.3 is 14.5 Å². The molecule has 2 atom stereocenters. The minimum Gasteiger partial charge on any atom is -0.465 e. The van der Waals surface area contributed by atoms with E-state index in [1.165, 1.54) is 11.3 Å². The van der Waals surface area contributed by atoms with Crippen molar-refractivity contribution in [1.82, 2.24) is 15.1 Å². The average Bonchev–Trinajstić information content (AvgIpc) is 3.09. The van der Waals surface area contributed by atoms with Crippen molar-refractivity contribution in [3.63, 3.8) is 0 Å². The van der Waals surface area contributed by atoms with Gasteiger partial charge in [-0.25, -0.2) is 4.99 Å². The molecule has 8 heteroatoms. The van der Waals surface area contributed by atoms with Gasteiger partial charge in [0.15, 0.2) is 5.92 Å². The van der Waals surface area contributed by atoms with Crippen molar-refractivity contribution in [2.75, 3.05) is 39.8 Å². The van der Waals surface area contributed by atoms with Gasteiger partial charge >= 0.3 is 5.97 Å². The highest BCUT2D eigenvalue weighted by Gasteiger charge is 2.42. The maximum Gasteiger partial charge on any atom is 0.321 e. The molecule has 0 spiro atoms. The van der Waals surface area contributed by atoms with Crippen LogP contribution in [0.25, 0.3) is 0 Å². The summed E-state index contributed by atoms with van der Waals surface area (Å²) < 4.78 is 5.09. The van der Waals surface area contributed by atoms with Gasteiger partial charge in [0, 0.05) is 31.1 Å². The summed E-state index contributed by atoms with van der Waals surface area (Å²) in [6, 6.07) is 3.29. The molecule has 0 saturated carbocycles. The van der Waals surface area contributed by atoms with Crippen molar-refractivity contribution >= 4 is 29.2 Å². The highest BCUT2D eigenvalue weighted by atomic mass is 32.1. The quantitative estimate of drug-likeness (QED) is 0.642. The molecule has 0 radical (unpaired) electrons. The fourth-order valence-electron chi connectivity index (χ4n) is 2.90. The van der Waals surface area contributed by atoms with E-state index >= 15 is 0 Å². The van der Waals surface area contributed by atoms with Gasteiger partial charge in [0.05, 0.1) is 6.61 Å². The number of likely N-dealkylation sites (N-methyl/N-ethyl adjacent to an activating group) is 1. The summed E-state index contributed by atoms with van der Waals surface area (Å²) in [5, 5.41) is 4.73. The molecule has 1 saturated heterocycles. The molecule has 7 nitrogen and oxygen atoms in total. The van der Waals surface area contributed by atoms with Crippen LogP contribution in [0.3, 0.4) is 0 Å². The number of ether oxygens (including phenoxy) is 1. The van der Waals surface area contributed by atoms with Crippen LogP contribution in [0, 0.1) is 5.92 Å². The van der Waals surface area contributed by atoms with Crippen LogP contribution < -0.4 is 5.32 Å². The van der Waals surface area contributed by atoms with E-state index < -0.39 is 17.9 Å². The van der Waals surface area contributed by atoms with Gasteiger partial charge in [0.1, 0.15) is 6.04 Å². The predicted molar refractivity (Wildman–Crippen MR) is 91.8 cm³/mol. The van der Waals surface area contributed by atoms with Crippen molar-refractivity contribution in [3.8, 4) is 0 Å². The maximum absolute atomic E-state index is 12.6. The minimum absolute atomic E-state index is 0.245. The Bertz CT molecular complexity index is 623. The third kappa shape index (κ3) is 3.44. The first-order valence-electron chi connectivity index (χ1n) is 8.12. The van der Waals surface area contributed by atoms with E-state index in [0.29, 0.717) is 5.96 Å². The molecule has 1 aromatic heterocycles. The number of thiophene rings is 1. The topological polar surface area (TPSA) is 74.2 Å². The fourth-order valence-corrected chi connectivity index (χ4v) is 3.70. The van der Waals surface area contributed by atoms with Crippen LogP contribution in [0.15, 0.2) is 22.5 Å². The summed E-state index contributed by atoms with van der Waals surface area (Å²) in [5.41, 5.74) is 0. The lowest BCUT2D eigenvalue weighted by Gasteiger charge is -2.37. The van der Waals surface area contributed by atoms with Crippen LogP contribution >= 0.6 is 11.3 Å². The number of hydrogen-bond acceptors (Lipinski definition) is 7. The number of guanidine groups is 1. The standard InChI is InChI=1S/C16H22N4O3S/c1-3-23-15(22)12-13(11-5-4-10-24-11)17-16(18-14(12)21)20-8-6-19(2)7-9-20/h4-5,10,12-13H,3,6-9H2,1-2H3,(H,17,18,21). The Kier molecular flexibility index (Phi) is 5.15. The lowest BCUT2D eigenvalue weighted by molar-refractivity contribution is -0.153. The van der Waals surface area contributed by atoms with Crippen molar-refractivity contribution in [2.45, 2.75) is 13.0 Å². The van der Waals surface area contributed by atoms with Crippen molar-refractivity contribution in [3.05, 3.63) is 22.4 Å². The third-order valence-electron chi connectivity index (χ3n) is 4.27. The predicted octanol–water partition coefficient (Wildman–Crippen LogP) is 0.702. The molecule has 1 amide bonds. The molecule has 0 aliphatic carbocycles. The monoisotopic (exact) mass is 350 g/mol. The van der Waals surface area contributed by atoms with Crippen LogP contribution in [0.1, 0.15) is 17.8 Å². The molecule has 24 heavy (non-hydrogen) atoms. The van der Waals surface area contributed by atoms with Crippen LogP contribution in [-0.2, 0) is 14.3 Å². The highest BCUT2D eigenvalue weighted by molar-refractivity contribution is 7.10. The molecule has 0 bridgehead atoms. The zero-order valence-corrected chi connectivity index (χ0v) is 14.7. The smallest absolute Gasteiger partial charge is 0.321 e. The summed E-state index contributed by atoms with van der Waals surface area (Å²) in [6.45, 7) is 5.42. The highest BCUT2D eigenvalue weighted by Crippen LogP contribution is 2.33. The number of nitrogens with one attached hydrogen (secondary N) is 1. The Balaban J connectivity index is 1.88. The van der Waals surface area contributed by atoms with Gasteiger partial charge in [0.25, 0.3) is 0 Å². The molecule has 130 valence electrons. The Morgan fingerprint density at radius 1 is 1.42 bits per heavy atom. The molecule has 3 rings (SSSR count). The van der Waals surface area contributed by atoms with Crippen molar-refractivity contribution in [1.29, 1.82) is 0 Å². The Morgan fingerprint density at radius 2 is 2.17 bits per heavy atom. The molecular weight excluding hydrogens is 328 g/mol. The molecule has 1 N–H and O–H groups in total. The Labute approximate surface area is 145 Å². The minimum atomic E-state index is -0.931. The molecule has 2 aliphatic heterocycles. The van der Waals surface area contributed by atoms with Crippen LogP contribution in [0.2, 0.25) is 0 Å². The van der Waals surface area contributed by atoms with Crippen LogP contribution in [0.5, 0.6) is 0 Å². The van der Waals surface area contributed by atoms with E-state index in [-0.39, 0.29) is 12.5 Å². The Hall–Kier alpha value is -1.93. The van der Waals surface area contributed by atoms with Crippen molar-refractivity contribution < 1.29 is 14.3 Å². The number of piperazine rings is 1. The average molecular weight is 350 g/mol. The van der Waals surface area contributed by atoms with Gasteiger partial charge in [-0.1, -0.05) is 6.07 Å². The molecule has 0 aromatic carbocycles. The second-order valence-corrected chi connectivity index (χ2v) is 6.90. The Morgan fingerprint density at radius 3 is 2.79 bits per heavy atom. The lowest BCUT2D eigenvalue weighted by atomic mass is 9.96. The third-order valence-corrected chi connectivity index (χ3v) is 5.22. The number of rotatable bonds is 3. The first kappa shape index (κ1) is 16.9. The molecule has 2 unspecified atom stereocenters. The number of nitrogens with zero attached hydrogens (tertiary/aromatic N) is 3. The van der Waals surface area contributed by atoms with Crippen LogP contribution in [-0.4, -0.2) is 67.5 Å². The summed E-state index contributed by atoms with van der Waals surface area (Å²) in [5.74, 6) is -1.22. The fraction of sp³-hybridized carbons (Fsp3) is 0.562. The molecule has 3 heterocycles. The lowest BCUT2D eigenvalue weighted by Crippen LogP contribution is -2.56. The normalized spacial score (nSPS) is 25.2. The summed E-state index contributed by atoms with van der Waals surface area (Å²) in [4.78, 5) is 34.8. The zero-order chi connectivity index (χ0) is 17.1. The summed E-state index contributed by atoms with van der Waals surface area (Å²) >= 11 is 1.50. The molecular formula is C16H22N4O3S. The number of carbonyl (C=O) groups excluding carboxylic acids is 2. The van der Waals surface area contributed by atoms with E-state index in [1.54, 1.807) is 6.92 Å². The van der Waals surface area contributed by atoms with Gasteiger partial charge in [-0.05, 0) is 25.4 Å². The number of amides is 1. The van der Waals surface area contributed by atoms with Gasteiger partial charge in [-0.2, -0.15) is 0 Å². The van der Waals surface area contributed by atoms with E-state index in [4.69, 9.17) is 9.73 Å². The molecule has 2 aliphatic rings. The number of aliphatic imine (C=N–C) groups is 1. The van der Waals surface area contributed by atoms with Crippen LogP contribution in [0.4, 0.5) is 0 Å². The van der Waals surface area contributed by atoms with Gasteiger partial charge in [0.2, 0.25) is 11.9 Å². The van der Waals surface area contributed by atoms with E-state index in [1.807, 2.05) is 17.5 Å². The SMILES string of the molecule is CCOC(=O)C1C(=O)NC(N2CCN(C)CC2)=NC1c1cccs1. The maximum atomic E-state index is 12.6. The van der Waals surface area contributed by atoms with E-state index in [9.17, 15) is 9.59 Å². The van der Waals surface area contributed by atoms with E-state index in [2.05, 4.69) is 22.2 Å². The van der Waals surface area contributed by atoms with Gasteiger partial charge in [-0.3, -0.25) is 14.9 Å². The second-order valence-electron chi connectivity index (χ2n) is 5.92. The second kappa shape index (κ2) is 7.31.